The molecule has 2 aliphatic carbocycles. The van der Waals surface area contributed by atoms with Crippen molar-refractivity contribution in [1.29, 1.82) is 0 Å². The molecule has 0 amide bonds. The van der Waals surface area contributed by atoms with Crippen LogP contribution >= 0.6 is 0 Å². The molecule has 0 atom stereocenters. The average Bonchev–Trinajstić information content (AvgIpc) is 2.27. The number of hydrogen-bond donors (Lipinski definition) is 1. The van der Waals surface area contributed by atoms with Gasteiger partial charge in [-0.3, -0.25) is 0 Å². The molecule has 0 bridgehead atoms. The van der Waals surface area contributed by atoms with Crippen LogP contribution in [0.3, 0.4) is 0 Å². The molecule has 1 heteroatoms. The van der Waals surface area contributed by atoms with E-state index in [2.05, 4.69) is 34.6 Å². The van der Waals surface area contributed by atoms with Crippen LogP contribution in [0.25, 0.3) is 0 Å². The summed E-state index contributed by atoms with van der Waals surface area (Å²) < 4.78 is 0. The van der Waals surface area contributed by atoms with Crippen molar-refractivity contribution >= 4 is 0 Å². The third-order valence-electron chi connectivity index (χ3n) is 5.35. The lowest BCUT2D eigenvalue weighted by molar-refractivity contribution is -0.0713. The van der Waals surface area contributed by atoms with Crippen LogP contribution in [0, 0.1) is 29.6 Å². The fraction of sp³-hybridized carbons (Fsp3) is 1.00. The van der Waals surface area contributed by atoms with E-state index in [0.29, 0.717) is 0 Å². The standard InChI is InChI=1S/C10H20.C8H16O/c1-8(2)10-6-4-9(3)5-7-10;1-6(2)7-4-8(3,9)5-7/h8-10H,4-7H2,1-3H3;6-7,9H,4-5H2,1-3H3. The molecular weight excluding hydrogens is 232 g/mol. The van der Waals surface area contributed by atoms with Gasteiger partial charge >= 0.3 is 0 Å². The van der Waals surface area contributed by atoms with Crippen LogP contribution in [-0.2, 0) is 0 Å². The van der Waals surface area contributed by atoms with Gasteiger partial charge in [0.15, 0.2) is 0 Å². The number of rotatable bonds is 2. The van der Waals surface area contributed by atoms with Crippen LogP contribution < -0.4 is 0 Å². The monoisotopic (exact) mass is 268 g/mol. The minimum absolute atomic E-state index is 0.324. The molecule has 1 nitrogen and oxygen atoms in total. The Morgan fingerprint density at radius 3 is 1.53 bits per heavy atom. The molecule has 0 aromatic carbocycles. The zero-order valence-electron chi connectivity index (χ0n) is 14.1. The Kier molecular flexibility index (Phi) is 6.36. The smallest absolute Gasteiger partial charge is 0.0625 e. The summed E-state index contributed by atoms with van der Waals surface area (Å²) >= 11 is 0. The Morgan fingerprint density at radius 1 is 0.842 bits per heavy atom. The van der Waals surface area contributed by atoms with Gasteiger partial charge < -0.3 is 5.11 Å². The van der Waals surface area contributed by atoms with Gasteiger partial charge in [-0.05, 0) is 62.2 Å². The summed E-state index contributed by atoms with van der Waals surface area (Å²) in [4.78, 5) is 0. The first-order valence-corrected chi connectivity index (χ1v) is 8.43. The van der Waals surface area contributed by atoms with Crippen molar-refractivity contribution in [3.8, 4) is 0 Å². The van der Waals surface area contributed by atoms with Crippen molar-refractivity contribution in [3.63, 3.8) is 0 Å². The van der Waals surface area contributed by atoms with Gasteiger partial charge in [0.05, 0.1) is 5.60 Å². The quantitative estimate of drug-likeness (QED) is 0.723. The first kappa shape index (κ1) is 17.0. The molecule has 2 rings (SSSR count). The van der Waals surface area contributed by atoms with Crippen molar-refractivity contribution in [2.75, 3.05) is 0 Å². The normalized spacial score (nSPS) is 38.7. The molecule has 1 N–H and O–H groups in total. The third-order valence-corrected chi connectivity index (χ3v) is 5.35. The summed E-state index contributed by atoms with van der Waals surface area (Å²) in [7, 11) is 0. The maximum Gasteiger partial charge on any atom is 0.0625 e. The minimum Gasteiger partial charge on any atom is -0.390 e. The largest absolute Gasteiger partial charge is 0.390 e. The summed E-state index contributed by atoms with van der Waals surface area (Å²) in [5.74, 6) is 4.50. The van der Waals surface area contributed by atoms with E-state index in [4.69, 9.17) is 0 Å². The molecule has 114 valence electrons. The van der Waals surface area contributed by atoms with Crippen molar-refractivity contribution < 1.29 is 5.11 Å². The van der Waals surface area contributed by atoms with Crippen LogP contribution in [-0.4, -0.2) is 10.7 Å². The van der Waals surface area contributed by atoms with E-state index >= 15 is 0 Å². The molecule has 0 heterocycles. The minimum atomic E-state index is -0.324. The molecule has 2 fully saturated rings. The van der Waals surface area contributed by atoms with Crippen LogP contribution in [0.2, 0.25) is 0 Å². The predicted molar refractivity (Wildman–Crippen MR) is 84.1 cm³/mol. The molecule has 0 radical (unpaired) electrons. The summed E-state index contributed by atoms with van der Waals surface area (Å²) in [6.45, 7) is 13.5. The van der Waals surface area contributed by atoms with Gasteiger partial charge in [0.25, 0.3) is 0 Å². The van der Waals surface area contributed by atoms with E-state index < -0.39 is 0 Å². The molecule has 2 aliphatic rings. The molecular formula is C18H36O. The van der Waals surface area contributed by atoms with Crippen molar-refractivity contribution in [2.45, 2.75) is 85.7 Å². The fourth-order valence-corrected chi connectivity index (χ4v) is 3.49. The summed E-state index contributed by atoms with van der Waals surface area (Å²) in [5, 5.41) is 9.33. The molecule has 0 aromatic rings. The van der Waals surface area contributed by atoms with Crippen LogP contribution in [0.4, 0.5) is 0 Å². The summed E-state index contributed by atoms with van der Waals surface area (Å²) in [6, 6.07) is 0. The van der Waals surface area contributed by atoms with E-state index in [1.54, 1.807) is 0 Å². The van der Waals surface area contributed by atoms with Crippen LogP contribution in [0.1, 0.15) is 80.1 Å². The maximum absolute atomic E-state index is 9.33. The van der Waals surface area contributed by atoms with E-state index in [1.807, 2.05) is 6.92 Å². The lowest BCUT2D eigenvalue weighted by atomic mass is 9.67. The third kappa shape index (κ3) is 5.85. The molecule has 2 saturated carbocycles. The van der Waals surface area contributed by atoms with Gasteiger partial charge in [-0.15, -0.1) is 0 Å². The fourth-order valence-electron chi connectivity index (χ4n) is 3.49. The van der Waals surface area contributed by atoms with E-state index in [0.717, 1.165) is 42.4 Å². The number of aliphatic hydroxyl groups is 1. The molecule has 0 aromatic heterocycles. The van der Waals surface area contributed by atoms with Crippen molar-refractivity contribution in [2.24, 2.45) is 29.6 Å². The zero-order chi connectivity index (χ0) is 14.6. The Hall–Kier alpha value is -0.0400. The molecule has 0 unspecified atom stereocenters. The SMILES string of the molecule is CC(C)C1CC(C)(O)C1.CC1CCC(C(C)C)CC1. The van der Waals surface area contributed by atoms with E-state index in [-0.39, 0.29) is 5.60 Å². The van der Waals surface area contributed by atoms with Crippen LogP contribution in [0.5, 0.6) is 0 Å². The maximum atomic E-state index is 9.33. The van der Waals surface area contributed by atoms with E-state index in [1.165, 1.54) is 25.7 Å². The zero-order valence-corrected chi connectivity index (χ0v) is 14.1. The van der Waals surface area contributed by atoms with Crippen molar-refractivity contribution in [3.05, 3.63) is 0 Å². The Labute approximate surface area is 121 Å². The second kappa shape index (κ2) is 7.11. The highest BCUT2D eigenvalue weighted by Gasteiger charge is 2.39. The summed E-state index contributed by atoms with van der Waals surface area (Å²) in [6.07, 6.45) is 7.93. The van der Waals surface area contributed by atoms with Crippen LogP contribution in [0.15, 0.2) is 0 Å². The van der Waals surface area contributed by atoms with Gasteiger partial charge in [-0.1, -0.05) is 47.5 Å². The molecule has 0 saturated heterocycles. The highest BCUT2D eigenvalue weighted by atomic mass is 16.3. The second-order valence-electron chi connectivity index (χ2n) is 8.17. The van der Waals surface area contributed by atoms with Gasteiger partial charge in [-0.25, -0.2) is 0 Å². The Balaban J connectivity index is 0.000000191. The van der Waals surface area contributed by atoms with Gasteiger partial charge in [0.2, 0.25) is 0 Å². The Morgan fingerprint density at radius 2 is 1.26 bits per heavy atom. The highest BCUT2D eigenvalue weighted by molar-refractivity contribution is 4.91. The highest BCUT2D eigenvalue weighted by Crippen LogP contribution is 2.41. The van der Waals surface area contributed by atoms with Crippen molar-refractivity contribution in [1.82, 2.24) is 0 Å². The molecule has 0 aliphatic heterocycles. The summed E-state index contributed by atoms with van der Waals surface area (Å²) in [5.41, 5.74) is -0.324. The molecule has 19 heavy (non-hydrogen) atoms. The topological polar surface area (TPSA) is 20.2 Å². The average molecular weight is 268 g/mol. The second-order valence-corrected chi connectivity index (χ2v) is 8.17. The lowest BCUT2D eigenvalue weighted by Gasteiger charge is -2.43. The van der Waals surface area contributed by atoms with Gasteiger partial charge in [-0.2, -0.15) is 0 Å². The number of hydrogen-bond acceptors (Lipinski definition) is 1. The Bertz CT molecular complexity index is 238. The first-order chi connectivity index (χ1) is 8.71. The lowest BCUT2D eigenvalue weighted by Crippen LogP contribution is -2.42. The van der Waals surface area contributed by atoms with Gasteiger partial charge in [0, 0.05) is 0 Å². The predicted octanol–water partition coefficient (Wildman–Crippen LogP) is 5.27. The first-order valence-electron chi connectivity index (χ1n) is 8.43. The van der Waals surface area contributed by atoms with Gasteiger partial charge in [0.1, 0.15) is 0 Å². The van der Waals surface area contributed by atoms with E-state index in [9.17, 15) is 5.11 Å². The molecule has 0 spiro atoms.